The first-order valence-corrected chi connectivity index (χ1v) is 10.3. The zero-order valence-electron chi connectivity index (χ0n) is 16.8. The SMILES string of the molecule is N=C1C=Cc2ccccc2C1=Nc1ccccc1-n1c2ccccc2c2ccccc21. The van der Waals surface area contributed by atoms with E-state index in [0.29, 0.717) is 11.4 Å². The van der Waals surface area contributed by atoms with Crippen molar-refractivity contribution < 1.29 is 0 Å². The molecule has 0 aliphatic heterocycles. The first-order valence-electron chi connectivity index (χ1n) is 10.3. The maximum absolute atomic E-state index is 8.51. The molecule has 1 heterocycles. The Hall–Kier alpha value is -4.24. The molecule has 31 heavy (non-hydrogen) atoms. The molecule has 0 fully saturated rings. The Morgan fingerprint density at radius 1 is 0.613 bits per heavy atom. The van der Waals surface area contributed by atoms with Gasteiger partial charge in [-0.3, -0.25) is 5.41 Å². The Labute approximate surface area is 180 Å². The van der Waals surface area contributed by atoms with E-state index in [-0.39, 0.29) is 0 Å². The van der Waals surface area contributed by atoms with Crippen LogP contribution < -0.4 is 0 Å². The Morgan fingerprint density at radius 2 is 1.23 bits per heavy atom. The Morgan fingerprint density at radius 3 is 2.00 bits per heavy atom. The smallest absolute Gasteiger partial charge is 0.0965 e. The third-order valence-electron chi connectivity index (χ3n) is 5.84. The van der Waals surface area contributed by atoms with Crippen molar-refractivity contribution in [1.82, 2.24) is 4.57 Å². The first-order chi connectivity index (χ1) is 15.3. The van der Waals surface area contributed by atoms with Gasteiger partial charge in [-0.2, -0.15) is 0 Å². The molecule has 1 N–H and O–H groups in total. The second-order valence-electron chi connectivity index (χ2n) is 7.65. The number of benzene rings is 4. The highest BCUT2D eigenvalue weighted by Gasteiger charge is 2.18. The summed E-state index contributed by atoms with van der Waals surface area (Å²) in [6.45, 7) is 0. The summed E-state index contributed by atoms with van der Waals surface area (Å²) < 4.78 is 2.28. The van der Waals surface area contributed by atoms with E-state index in [0.717, 1.165) is 33.5 Å². The third-order valence-corrected chi connectivity index (χ3v) is 5.84. The fourth-order valence-electron chi connectivity index (χ4n) is 4.43. The Kier molecular flexibility index (Phi) is 3.93. The molecule has 0 spiro atoms. The lowest BCUT2D eigenvalue weighted by Crippen LogP contribution is -2.16. The van der Waals surface area contributed by atoms with E-state index in [1.807, 2.05) is 48.6 Å². The monoisotopic (exact) mass is 397 g/mol. The molecule has 4 aromatic carbocycles. The summed E-state index contributed by atoms with van der Waals surface area (Å²) in [6, 6.07) is 33.2. The number of allylic oxidation sites excluding steroid dienone is 1. The first kappa shape index (κ1) is 17.6. The van der Waals surface area contributed by atoms with Crippen molar-refractivity contribution in [3.8, 4) is 5.69 Å². The summed E-state index contributed by atoms with van der Waals surface area (Å²) in [5.74, 6) is 0. The van der Waals surface area contributed by atoms with Gasteiger partial charge in [0.1, 0.15) is 0 Å². The van der Waals surface area contributed by atoms with Crippen molar-refractivity contribution in [1.29, 1.82) is 5.41 Å². The highest BCUT2D eigenvalue weighted by atomic mass is 15.0. The van der Waals surface area contributed by atoms with Crippen LogP contribution in [0.4, 0.5) is 5.69 Å². The maximum Gasteiger partial charge on any atom is 0.0965 e. The Bertz CT molecular complexity index is 1500. The van der Waals surface area contributed by atoms with Gasteiger partial charge in [-0.15, -0.1) is 0 Å². The number of hydrogen-bond acceptors (Lipinski definition) is 2. The van der Waals surface area contributed by atoms with E-state index in [9.17, 15) is 0 Å². The molecule has 0 saturated carbocycles. The van der Waals surface area contributed by atoms with Crippen molar-refractivity contribution in [2.75, 3.05) is 0 Å². The van der Waals surface area contributed by atoms with Crippen LogP contribution in [0.5, 0.6) is 0 Å². The number of fused-ring (bicyclic) bond motifs is 4. The van der Waals surface area contributed by atoms with Crippen LogP contribution in [0, 0.1) is 5.41 Å². The Balaban J connectivity index is 1.64. The van der Waals surface area contributed by atoms with Gasteiger partial charge in [0, 0.05) is 16.3 Å². The highest BCUT2D eigenvalue weighted by Crippen LogP contribution is 2.35. The minimum absolute atomic E-state index is 0.427. The second-order valence-corrected chi connectivity index (χ2v) is 7.65. The van der Waals surface area contributed by atoms with Crippen LogP contribution in [-0.4, -0.2) is 16.0 Å². The van der Waals surface area contributed by atoms with Gasteiger partial charge in [-0.1, -0.05) is 78.9 Å². The van der Waals surface area contributed by atoms with Gasteiger partial charge in [0.2, 0.25) is 0 Å². The molecule has 0 radical (unpaired) electrons. The number of hydrogen-bond donors (Lipinski definition) is 1. The van der Waals surface area contributed by atoms with E-state index in [2.05, 4.69) is 65.2 Å². The van der Waals surface area contributed by atoms with E-state index < -0.39 is 0 Å². The molecule has 6 rings (SSSR count). The molecule has 3 heteroatoms. The molecule has 1 aliphatic carbocycles. The lowest BCUT2D eigenvalue weighted by atomic mass is 9.94. The molecule has 5 aromatic rings. The van der Waals surface area contributed by atoms with Crippen LogP contribution in [0.15, 0.2) is 108 Å². The van der Waals surface area contributed by atoms with Crippen molar-refractivity contribution in [2.45, 2.75) is 0 Å². The molecule has 1 aliphatic rings. The maximum atomic E-state index is 8.51. The normalized spacial score (nSPS) is 14.5. The fraction of sp³-hybridized carbons (Fsp3) is 0. The number of rotatable bonds is 2. The number of para-hydroxylation sites is 4. The standard InChI is InChI=1S/C28H19N3/c29-23-18-17-19-9-1-2-10-20(19)28(23)30-24-13-5-8-16-27(24)31-25-14-6-3-11-21(25)22-12-4-7-15-26(22)31/h1-18,29H. The van der Waals surface area contributed by atoms with Gasteiger partial charge in [0.15, 0.2) is 0 Å². The van der Waals surface area contributed by atoms with Crippen molar-refractivity contribution in [3.63, 3.8) is 0 Å². The van der Waals surface area contributed by atoms with Crippen LogP contribution in [0.25, 0.3) is 33.6 Å². The van der Waals surface area contributed by atoms with Crippen molar-refractivity contribution in [3.05, 3.63) is 114 Å². The predicted molar refractivity (Wildman–Crippen MR) is 130 cm³/mol. The minimum atomic E-state index is 0.427. The lowest BCUT2D eigenvalue weighted by Gasteiger charge is -2.16. The molecule has 0 atom stereocenters. The lowest BCUT2D eigenvalue weighted by molar-refractivity contribution is 1.17. The van der Waals surface area contributed by atoms with Crippen LogP contribution in [0.1, 0.15) is 11.1 Å². The average molecular weight is 397 g/mol. The van der Waals surface area contributed by atoms with Crippen molar-refractivity contribution in [2.24, 2.45) is 4.99 Å². The van der Waals surface area contributed by atoms with Crippen LogP contribution in [0.2, 0.25) is 0 Å². The van der Waals surface area contributed by atoms with E-state index in [1.54, 1.807) is 0 Å². The summed E-state index contributed by atoms with van der Waals surface area (Å²) in [7, 11) is 0. The number of nitrogens with zero attached hydrogens (tertiary/aromatic N) is 2. The number of aliphatic imine (C=N–C) groups is 1. The topological polar surface area (TPSA) is 41.1 Å². The molecule has 146 valence electrons. The fourth-order valence-corrected chi connectivity index (χ4v) is 4.43. The van der Waals surface area contributed by atoms with Gasteiger partial charge in [0.05, 0.1) is 33.8 Å². The summed E-state index contributed by atoms with van der Waals surface area (Å²) in [4.78, 5) is 5.03. The second kappa shape index (κ2) is 6.92. The molecule has 0 amide bonds. The van der Waals surface area contributed by atoms with Gasteiger partial charge in [-0.25, -0.2) is 4.99 Å². The van der Waals surface area contributed by atoms with E-state index >= 15 is 0 Å². The highest BCUT2D eigenvalue weighted by molar-refractivity contribution is 6.53. The molecular weight excluding hydrogens is 378 g/mol. The summed E-state index contributed by atoms with van der Waals surface area (Å²) in [5, 5.41) is 11.0. The van der Waals surface area contributed by atoms with E-state index in [4.69, 9.17) is 10.4 Å². The summed E-state index contributed by atoms with van der Waals surface area (Å²) >= 11 is 0. The van der Waals surface area contributed by atoms with E-state index in [1.165, 1.54) is 10.8 Å². The number of nitrogens with one attached hydrogen (secondary N) is 1. The van der Waals surface area contributed by atoms with Gasteiger partial charge < -0.3 is 4.57 Å². The zero-order valence-corrected chi connectivity index (χ0v) is 16.8. The molecule has 0 saturated heterocycles. The van der Waals surface area contributed by atoms with Gasteiger partial charge in [-0.05, 0) is 35.9 Å². The van der Waals surface area contributed by atoms with Crippen molar-refractivity contribution >= 4 is 45.0 Å². The molecule has 0 unspecified atom stereocenters. The molecule has 1 aromatic heterocycles. The summed E-state index contributed by atoms with van der Waals surface area (Å²) in [6.07, 6.45) is 3.81. The quantitative estimate of drug-likeness (QED) is 0.335. The summed E-state index contributed by atoms with van der Waals surface area (Å²) in [5.41, 5.74) is 7.36. The third kappa shape index (κ3) is 2.75. The molecular formula is C28H19N3. The van der Waals surface area contributed by atoms with Crippen LogP contribution in [0.3, 0.4) is 0 Å². The molecule has 3 nitrogen and oxygen atoms in total. The van der Waals surface area contributed by atoms with Crippen LogP contribution in [-0.2, 0) is 0 Å². The van der Waals surface area contributed by atoms with Crippen LogP contribution >= 0.6 is 0 Å². The largest absolute Gasteiger partial charge is 0.307 e. The predicted octanol–water partition coefficient (Wildman–Crippen LogP) is 6.95. The number of aromatic nitrogens is 1. The van der Waals surface area contributed by atoms with Gasteiger partial charge >= 0.3 is 0 Å². The van der Waals surface area contributed by atoms with Gasteiger partial charge in [0.25, 0.3) is 0 Å². The zero-order chi connectivity index (χ0) is 20.8. The average Bonchev–Trinajstić information content (AvgIpc) is 3.16. The molecule has 0 bridgehead atoms. The minimum Gasteiger partial charge on any atom is -0.307 e.